The first-order valence-corrected chi connectivity index (χ1v) is 11.4. The molecular weight excluding hydrogens is 428 g/mol. The standard InChI is InChI=1S/2C10H9NO3S/c11-9-5-1-4-8-7(9)3-2-6-10(8)15(12,13)14;11-10-3-1-2-7-6-8(15(12,13)14)4-5-9(7)10/h2*1-6H,11H2,(H,12,13,14). The van der Waals surface area contributed by atoms with Crippen molar-refractivity contribution < 1.29 is 25.9 Å². The molecule has 0 aliphatic heterocycles. The van der Waals surface area contributed by atoms with Crippen molar-refractivity contribution in [3.8, 4) is 0 Å². The monoisotopic (exact) mass is 446 g/mol. The van der Waals surface area contributed by atoms with Crippen molar-refractivity contribution in [2.45, 2.75) is 9.79 Å². The molecule has 6 N–H and O–H groups in total. The largest absolute Gasteiger partial charge is 0.398 e. The highest BCUT2D eigenvalue weighted by atomic mass is 32.2. The Morgan fingerprint density at radius 2 is 1.17 bits per heavy atom. The van der Waals surface area contributed by atoms with Crippen LogP contribution in [-0.4, -0.2) is 25.9 Å². The van der Waals surface area contributed by atoms with Crippen LogP contribution in [-0.2, 0) is 20.2 Å². The summed E-state index contributed by atoms with van der Waals surface area (Å²) in [6, 6.07) is 19.0. The molecule has 0 spiro atoms. The van der Waals surface area contributed by atoms with E-state index < -0.39 is 20.2 Å². The Hall–Kier alpha value is -3.18. The summed E-state index contributed by atoms with van der Waals surface area (Å²) in [7, 11) is -8.35. The summed E-state index contributed by atoms with van der Waals surface area (Å²) in [5.74, 6) is 0. The van der Waals surface area contributed by atoms with Crippen LogP contribution in [0.4, 0.5) is 11.4 Å². The fourth-order valence-electron chi connectivity index (χ4n) is 2.98. The summed E-state index contributed by atoms with van der Waals surface area (Å²) < 4.78 is 61.8. The lowest BCUT2D eigenvalue weighted by Crippen LogP contribution is -1.99. The first kappa shape index (κ1) is 21.5. The van der Waals surface area contributed by atoms with Gasteiger partial charge in [-0.1, -0.05) is 42.5 Å². The fourth-order valence-corrected chi connectivity index (χ4v) is 4.20. The predicted molar refractivity (Wildman–Crippen MR) is 116 cm³/mol. The number of nitrogen functional groups attached to an aromatic ring is 2. The molecule has 0 bridgehead atoms. The number of nitrogens with two attached hydrogens (primary N) is 2. The van der Waals surface area contributed by atoms with E-state index in [2.05, 4.69) is 0 Å². The number of fused-ring (bicyclic) bond motifs is 2. The van der Waals surface area contributed by atoms with E-state index in [1.807, 2.05) is 0 Å². The molecule has 8 nitrogen and oxygen atoms in total. The highest BCUT2D eigenvalue weighted by Crippen LogP contribution is 2.26. The Kier molecular flexibility index (Phi) is 5.68. The Balaban J connectivity index is 0.000000171. The molecule has 30 heavy (non-hydrogen) atoms. The van der Waals surface area contributed by atoms with Gasteiger partial charge in [-0.05, 0) is 35.7 Å². The van der Waals surface area contributed by atoms with E-state index in [1.165, 1.54) is 18.2 Å². The van der Waals surface area contributed by atoms with Crippen molar-refractivity contribution in [1.82, 2.24) is 0 Å². The Morgan fingerprint density at radius 3 is 1.80 bits per heavy atom. The molecule has 10 heteroatoms. The zero-order valence-electron chi connectivity index (χ0n) is 15.4. The van der Waals surface area contributed by atoms with Gasteiger partial charge in [0.1, 0.15) is 4.90 Å². The maximum Gasteiger partial charge on any atom is 0.295 e. The molecule has 156 valence electrons. The highest BCUT2D eigenvalue weighted by molar-refractivity contribution is 7.86. The minimum absolute atomic E-state index is 0.118. The van der Waals surface area contributed by atoms with Crippen molar-refractivity contribution in [1.29, 1.82) is 0 Å². The molecule has 0 saturated heterocycles. The summed E-state index contributed by atoms with van der Waals surface area (Å²) in [6.07, 6.45) is 0. The lowest BCUT2D eigenvalue weighted by Gasteiger charge is -2.05. The van der Waals surface area contributed by atoms with Crippen LogP contribution in [0.25, 0.3) is 21.5 Å². The van der Waals surface area contributed by atoms with Crippen LogP contribution in [0.15, 0.2) is 82.6 Å². The van der Waals surface area contributed by atoms with E-state index in [1.54, 1.807) is 54.6 Å². The van der Waals surface area contributed by atoms with E-state index in [0.717, 1.165) is 5.39 Å². The minimum atomic E-state index is -4.20. The lowest BCUT2D eigenvalue weighted by atomic mass is 10.1. The number of hydrogen-bond acceptors (Lipinski definition) is 6. The molecular formula is C20H18N2O6S2. The summed E-state index contributed by atoms with van der Waals surface area (Å²) in [6.45, 7) is 0. The van der Waals surface area contributed by atoms with E-state index >= 15 is 0 Å². The second-order valence-electron chi connectivity index (χ2n) is 6.38. The Bertz CT molecular complexity index is 1470. The van der Waals surface area contributed by atoms with Crippen LogP contribution in [0.1, 0.15) is 0 Å². The molecule has 0 heterocycles. The molecule has 0 unspecified atom stereocenters. The van der Waals surface area contributed by atoms with Gasteiger partial charge in [-0.15, -0.1) is 0 Å². The van der Waals surface area contributed by atoms with Gasteiger partial charge in [-0.2, -0.15) is 16.8 Å². The molecule has 0 atom stereocenters. The third kappa shape index (κ3) is 4.52. The summed E-state index contributed by atoms with van der Waals surface area (Å²) in [4.78, 5) is -0.243. The smallest absolute Gasteiger partial charge is 0.295 e. The Labute approximate surface area is 173 Å². The van der Waals surface area contributed by atoms with Gasteiger partial charge in [0.25, 0.3) is 20.2 Å². The van der Waals surface area contributed by atoms with Crippen molar-refractivity contribution in [3.05, 3.63) is 72.8 Å². The van der Waals surface area contributed by atoms with E-state index in [0.29, 0.717) is 27.5 Å². The molecule has 4 rings (SSSR count). The van der Waals surface area contributed by atoms with Gasteiger partial charge in [-0.3, -0.25) is 9.11 Å². The third-order valence-corrected chi connectivity index (χ3v) is 6.14. The first-order valence-electron chi connectivity index (χ1n) is 8.49. The average molecular weight is 447 g/mol. The van der Waals surface area contributed by atoms with E-state index in [4.69, 9.17) is 20.6 Å². The molecule has 0 aliphatic carbocycles. The number of benzene rings is 4. The van der Waals surface area contributed by atoms with Crippen molar-refractivity contribution in [2.24, 2.45) is 0 Å². The first-order chi connectivity index (χ1) is 14.0. The summed E-state index contributed by atoms with van der Waals surface area (Å²) in [5, 5.41) is 2.50. The van der Waals surface area contributed by atoms with Crippen molar-refractivity contribution in [3.63, 3.8) is 0 Å². The average Bonchev–Trinajstić information content (AvgIpc) is 2.67. The van der Waals surface area contributed by atoms with Crippen LogP contribution in [0.2, 0.25) is 0 Å². The van der Waals surface area contributed by atoms with Crippen LogP contribution in [0, 0.1) is 0 Å². The molecule has 0 radical (unpaired) electrons. The van der Waals surface area contributed by atoms with Crippen LogP contribution in [0.5, 0.6) is 0 Å². The minimum Gasteiger partial charge on any atom is -0.398 e. The maximum atomic E-state index is 11.1. The SMILES string of the molecule is Nc1cccc2c(S(=O)(=O)O)cccc12.Nc1cccc2cc(S(=O)(=O)O)ccc12. The molecule has 4 aromatic rings. The second-order valence-corrected chi connectivity index (χ2v) is 9.19. The third-order valence-electron chi connectivity index (χ3n) is 4.38. The lowest BCUT2D eigenvalue weighted by molar-refractivity contribution is 0.481. The van der Waals surface area contributed by atoms with Gasteiger partial charge < -0.3 is 11.5 Å². The fraction of sp³-hybridized carbons (Fsp3) is 0. The van der Waals surface area contributed by atoms with Gasteiger partial charge in [0.15, 0.2) is 0 Å². The van der Waals surface area contributed by atoms with Gasteiger partial charge >= 0.3 is 0 Å². The van der Waals surface area contributed by atoms with Crippen LogP contribution >= 0.6 is 0 Å². The number of rotatable bonds is 2. The molecule has 4 aromatic carbocycles. The van der Waals surface area contributed by atoms with Gasteiger partial charge in [0, 0.05) is 27.5 Å². The van der Waals surface area contributed by atoms with Crippen LogP contribution < -0.4 is 11.5 Å². The summed E-state index contributed by atoms with van der Waals surface area (Å²) in [5.41, 5.74) is 12.5. The topological polar surface area (TPSA) is 161 Å². The Morgan fingerprint density at radius 1 is 0.600 bits per heavy atom. The zero-order valence-corrected chi connectivity index (χ0v) is 17.1. The quantitative estimate of drug-likeness (QED) is 0.269. The van der Waals surface area contributed by atoms with E-state index in [9.17, 15) is 16.8 Å². The predicted octanol–water partition coefficient (Wildman–Crippen LogP) is 3.34. The van der Waals surface area contributed by atoms with Gasteiger partial charge in [0.05, 0.1) is 4.90 Å². The zero-order chi connectivity index (χ0) is 22.1. The highest BCUT2D eigenvalue weighted by Gasteiger charge is 2.13. The molecule has 0 amide bonds. The summed E-state index contributed by atoms with van der Waals surface area (Å²) >= 11 is 0. The van der Waals surface area contributed by atoms with Crippen LogP contribution in [0.3, 0.4) is 0 Å². The molecule has 0 aromatic heterocycles. The second kappa shape index (κ2) is 7.92. The molecule has 0 fully saturated rings. The number of anilines is 2. The van der Waals surface area contributed by atoms with Crippen molar-refractivity contribution in [2.75, 3.05) is 11.5 Å². The molecule has 0 aliphatic rings. The van der Waals surface area contributed by atoms with Gasteiger partial charge in [-0.25, -0.2) is 0 Å². The number of hydrogen-bond donors (Lipinski definition) is 4. The normalized spacial score (nSPS) is 11.8. The van der Waals surface area contributed by atoms with Crippen molar-refractivity contribution >= 4 is 53.2 Å². The molecule has 0 saturated carbocycles. The van der Waals surface area contributed by atoms with E-state index in [-0.39, 0.29) is 9.79 Å². The van der Waals surface area contributed by atoms with Gasteiger partial charge in [0.2, 0.25) is 0 Å². The maximum absolute atomic E-state index is 11.1.